The van der Waals surface area contributed by atoms with Crippen LogP contribution >= 0.6 is 0 Å². The lowest BCUT2D eigenvalue weighted by molar-refractivity contribution is 0.439. The molecule has 0 aliphatic heterocycles. The van der Waals surface area contributed by atoms with E-state index < -0.39 is 0 Å². The maximum absolute atomic E-state index is 5.52. The lowest BCUT2D eigenvalue weighted by Crippen LogP contribution is -1.77. The van der Waals surface area contributed by atoms with E-state index in [1.165, 1.54) is 5.56 Å². The molecule has 0 atom stereocenters. The largest absolute Gasteiger partial charge is 0.368 e. The van der Waals surface area contributed by atoms with Crippen molar-refractivity contribution in [3.8, 4) is 11.3 Å². The van der Waals surface area contributed by atoms with Gasteiger partial charge in [-0.2, -0.15) is 0 Å². The molecule has 0 unspecified atom stereocenters. The zero-order chi connectivity index (χ0) is 11.1. The van der Waals surface area contributed by atoms with Crippen LogP contribution in [0.4, 0.5) is 5.88 Å². The van der Waals surface area contributed by atoms with Gasteiger partial charge >= 0.3 is 0 Å². The average molecular weight is 213 g/mol. The molecule has 1 aromatic carbocycles. The maximum atomic E-state index is 5.52. The summed E-state index contributed by atoms with van der Waals surface area (Å²) in [5.74, 6) is 0.331. The van der Waals surface area contributed by atoms with Crippen molar-refractivity contribution in [2.24, 2.45) is 0 Å². The Bertz CT molecular complexity index is 651. The average Bonchev–Trinajstić information content (AvgIpc) is 2.84. The first kappa shape index (κ1) is 9.03. The number of aromatic amines is 1. The van der Waals surface area contributed by atoms with Crippen molar-refractivity contribution in [1.29, 1.82) is 0 Å². The number of anilines is 1. The number of aromatic nitrogens is 2. The summed E-state index contributed by atoms with van der Waals surface area (Å²) < 4.78 is 4.88. The minimum Gasteiger partial charge on any atom is -0.368 e. The van der Waals surface area contributed by atoms with E-state index in [0.717, 1.165) is 22.2 Å². The summed E-state index contributed by atoms with van der Waals surface area (Å²) in [5, 5.41) is 5.05. The molecule has 16 heavy (non-hydrogen) atoms. The number of nitrogens with two attached hydrogens (primary N) is 1. The van der Waals surface area contributed by atoms with Gasteiger partial charge in [0.05, 0.1) is 0 Å². The van der Waals surface area contributed by atoms with Gasteiger partial charge < -0.3 is 15.2 Å². The molecule has 3 N–H and O–H groups in total. The monoisotopic (exact) mass is 213 g/mol. The van der Waals surface area contributed by atoms with E-state index in [9.17, 15) is 0 Å². The number of hydrogen-bond acceptors (Lipinski definition) is 3. The standard InChI is InChI=1S/C12H11N3O/c1-7-3-2-4-8-9(6-14-12(7)8)10-5-11(13)16-15-10/h2-6,14H,13H2,1H3. The van der Waals surface area contributed by atoms with Crippen LogP contribution in [0.15, 0.2) is 35.0 Å². The van der Waals surface area contributed by atoms with Gasteiger partial charge in [0.25, 0.3) is 0 Å². The number of rotatable bonds is 1. The fourth-order valence-corrected chi connectivity index (χ4v) is 1.93. The smallest absolute Gasteiger partial charge is 0.222 e. The van der Waals surface area contributed by atoms with Crippen LogP contribution in [0.5, 0.6) is 0 Å². The summed E-state index contributed by atoms with van der Waals surface area (Å²) in [4.78, 5) is 3.24. The van der Waals surface area contributed by atoms with Crippen molar-refractivity contribution >= 4 is 16.8 Å². The predicted molar refractivity (Wildman–Crippen MR) is 62.9 cm³/mol. The quantitative estimate of drug-likeness (QED) is 0.653. The highest BCUT2D eigenvalue weighted by Gasteiger charge is 2.10. The van der Waals surface area contributed by atoms with Crippen LogP contribution in [0.1, 0.15) is 5.56 Å². The van der Waals surface area contributed by atoms with E-state index in [4.69, 9.17) is 10.3 Å². The minimum atomic E-state index is 0.331. The summed E-state index contributed by atoms with van der Waals surface area (Å²) in [6.45, 7) is 2.07. The molecule has 0 aliphatic carbocycles. The van der Waals surface area contributed by atoms with Crippen LogP contribution in [-0.2, 0) is 0 Å². The molecular weight excluding hydrogens is 202 g/mol. The SMILES string of the molecule is Cc1cccc2c(-c3cc(N)on3)c[nH]c12. The van der Waals surface area contributed by atoms with Crippen LogP contribution in [0.2, 0.25) is 0 Å². The van der Waals surface area contributed by atoms with Gasteiger partial charge in [-0.3, -0.25) is 0 Å². The summed E-state index contributed by atoms with van der Waals surface area (Å²) in [7, 11) is 0. The fourth-order valence-electron chi connectivity index (χ4n) is 1.93. The van der Waals surface area contributed by atoms with Crippen LogP contribution in [-0.4, -0.2) is 10.1 Å². The van der Waals surface area contributed by atoms with E-state index in [0.29, 0.717) is 5.88 Å². The third kappa shape index (κ3) is 1.20. The number of para-hydroxylation sites is 1. The molecule has 0 fully saturated rings. The highest BCUT2D eigenvalue weighted by molar-refractivity contribution is 5.96. The van der Waals surface area contributed by atoms with Crippen molar-refractivity contribution in [2.75, 3.05) is 5.73 Å². The number of fused-ring (bicyclic) bond motifs is 1. The lowest BCUT2D eigenvalue weighted by atomic mass is 10.1. The normalized spacial score (nSPS) is 11.1. The van der Waals surface area contributed by atoms with Gasteiger partial charge in [-0.05, 0) is 12.5 Å². The molecular formula is C12H11N3O. The Kier molecular flexibility index (Phi) is 1.77. The van der Waals surface area contributed by atoms with E-state index in [1.54, 1.807) is 6.07 Å². The van der Waals surface area contributed by atoms with Crippen molar-refractivity contribution in [3.05, 3.63) is 36.0 Å². The van der Waals surface area contributed by atoms with Crippen LogP contribution in [0.3, 0.4) is 0 Å². The molecule has 2 heterocycles. The zero-order valence-electron chi connectivity index (χ0n) is 8.82. The van der Waals surface area contributed by atoms with Gasteiger partial charge in [-0.25, -0.2) is 0 Å². The molecule has 0 amide bonds. The molecule has 3 aromatic rings. The van der Waals surface area contributed by atoms with Crippen LogP contribution in [0, 0.1) is 6.92 Å². The van der Waals surface area contributed by atoms with Crippen molar-refractivity contribution in [1.82, 2.24) is 10.1 Å². The van der Waals surface area contributed by atoms with Crippen LogP contribution < -0.4 is 5.73 Å². The number of nitrogen functional groups attached to an aromatic ring is 1. The number of hydrogen-bond donors (Lipinski definition) is 2. The van der Waals surface area contributed by atoms with Gasteiger partial charge in [0.15, 0.2) is 0 Å². The van der Waals surface area contributed by atoms with E-state index in [-0.39, 0.29) is 0 Å². The van der Waals surface area contributed by atoms with E-state index in [2.05, 4.69) is 29.2 Å². The third-order valence-corrected chi connectivity index (χ3v) is 2.73. The molecule has 4 nitrogen and oxygen atoms in total. The summed E-state index contributed by atoms with van der Waals surface area (Å²) in [6.07, 6.45) is 1.93. The third-order valence-electron chi connectivity index (χ3n) is 2.73. The molecule has 0 saturated carbocycles. The molecule has 0 saturated heterocycles. The summed E-state index contributed by atoms with van der Waals surface area (Å²) >= 11 is 0. The fraction of sp³-hybridized carbons (Fsp3) is 0.0833. The Morgan fingerprint density at radius 1 is 1.38 bits per heavy atom. The first-order valence-electron chi connectivity index (χ1n) is 5.05. The molecule has 0 spiro atoms. The highest BCUT2D eigenvalue weighted by Crippen LogP contribution is 2.29. The van der Waals surface area contributed by atoms with E-state index >= 15 is 0 Å². The van der Waals surface area contributed by atoms with Crippen molar-refractivity contribution < 1.29 is 4.52 Å². The second-order valence-corrected chi connectivity index (χ2v) is 3.81. The Hall–Kier alpha value is -2.23. The first-order chi connectivity index (χ1) is 7.75. The predicted octanol–water partition coefficient (Wildman–Crippen LogP) is 2.71. The van der Waals surface area contributed by atoms with Crippen molar-refractivity contribution in [2.45, 2.75) is 6.92 Å². The highest BCUT2D eigenvalue weighted by atomic mass is 16.5. The maximum Gasteiger partial charge on any atom is 0.222 e. The van der Waals surface area contributed by atoms with E-state index in [1.807, 2.05) is 12.3 Å². The summed E-state index contributed by atoms with van der Waals surface area (Å²) in [6, 6.07) is 7.88. The molecule has 0 aliphatic rings. The van der Waals surface area contributed by atoms with Gasteiger partial charge in [0.1, 0.15) is 5.69 Å². The minimum absolute atomic E-state index is 0.331. The topological polar surface area (TPSA) is 67.8 Å². The molecule has 0 bridgehead atoms. The van der Waals surface area contributed by atoms with Gasteiger partial charge in [-0.1, -0.05) is 23.4 Å². The lowest BCUT2D eigenvalue weighted by Gasteiger charge is -1.95. The number of benzene rings is 1. The van der Waals surface area contributed by atoms with Gasteiger partial charge in [-0.15, -0.1) is 0 Å². The molecule has 80 valence electrons. The van der Waals surface area contributed by atoms with Crippen molar-refractivity contribution in [3.63, 3.8) is 0 Å². The Balaban J connectivity index is 2.29. The Morgan fingerprint density at radius 3 is 3.00 bits per heavy atom. The molecule has 2 aromatic heterocycles. The number of aryl methyl sites for hydroxylation is 1. The Labute approximate surface area is 92.0 Å². The number of H-pyrrole nitrogens is 1. The zero-order valence-corrected chi connectivity index (χ0v) is 8.82. The van der Waals surface area contributed by atoms with Gasteiger partial charge in [0.2, 0.25) is 5.88 Å². The molecule has 3 rings (SSSR count). The van der Waals surface area contributed by atoms with Gasteiger partial charge in [0, 0.05) is 28.7 Å². The Morgan fingerprint density at radius 2 is 2.25 bits per heavy atom. The second-order valence-electron chi connectivity index (χ2n) is 3.81. The second kappa shape index (κ2) is 3.13. The number of nitrogens with zero attached hydrogens (tertiary/aromatic N) is 1. The molecule has 0 radical (unpaired) electrons. The summed E-state index contributed by atoms with van der Waals surface area (Å²) in [5.41, 5.74) is 9.62. The van der Waals surface area contributed by atoms with Crippen LogP contribution in [0.25, 0.3) is 22.2 Å². The molecule has 4 heteroatoms. The first-order valence-corrected chi connectivity index (χ1v) is 5.05. The number of nitrogens with one attached hydrogen (secondary N) is 1.